The third-order valence-corrected chi connectivity index (χ3v) is 4.69. The predicted molar refractivity (Wildman–Crippen MR) is 89.7 cm³/mol. The summed E-state index contributed by atoms with van der Waals surface area (Å²) in [5, 5.41) is 10.2. The van der Waals surface area contributed by atoms with Crippen LogP contribution in [-0.4, -0.2) is 52.3 Å². The zero-order valence-electron chi connectivity index (χ0n) is 13.7. The fraction of sp³-hybridized carbons (Fsp3) is 0.444. The van der Waals surface area contributed by atoms with E-state index in [9.17, 15) is 9.59 Å². The Bertz CT molecular complexity index is 739. The smallest absolute Gasteiger partial charge is 0.305 e. The summed E-state index contributed by atoms with van der Waals surface area (Å²) in [5.74, 6) is -0.899. The van der Waals surface area contributed by atoms with Crippen molar-refractivity contribution in [3.05, 3.63) is 36.5 Å². The van der Waals surface area contributed by atoms with Gasteiger partial charge in [0.25, 0.3) is 0 Å². The van der Waals surface area contributed by atoms with Gasteiger partial charge in [-0.05, 0) is 23.9 Å². The van der Waals surface area contributed by atoms with Crippen molar-refractivity contribution in [3.8, 4) is 0 Å². The van der Waals surface area contributed by atoms with Crippen molar-refractivity contribution in [2.75, 3.05) is 13.7 Å². The highest BCUT2D eigenvalue weighted by Gasteiger charge is 2.36. The van der Waals surface area contributed by atoms with E-state index in [1.807, 2.05) is 36.5 Å². The van der Waals surface area contributed by atoms with Gasteiger partial charge in [0.1, 0.15) is 0 Å². The number of likely N-dealkylation sites (tertiary alicyclic amines) is 1. The average Bonchev–Trinajstić information content (AvgIpc) is 3.16. The van der Waals surface area contributed by atoms with Crippen LogP contribution >= 0.6 is 0 Å². The summed E-state index contributed by atoms with van der Waals surface area (Å²) >= 11 is 0. The van der Waals surface area contributed by atoms with E-state index < -0.39 is 5.97 Å². The van der Waals surface area contributed by atoms with Gasteiger partial charge in [-0.1, -0.05) is 18.2 Å². The zero-order chi connectivity index (χ0) is 17.1. The summed E-state index contributed by atoms with van der Waals surface area (Å²) in [6.07, 6.45) is 2.81. The van der Waals surface area contributed by atoms with Crippen LogP contribution in [0.25, 0.3) is 10.9 Å². The number of para-hydroxylation sites is 1. The summed E-state index contributed by atoms with van der Waals surface area (Å²) in [6, 6.07) is 9.80. The van der Waals surface area contributed by atoms with Gasteiger partial charge in [0, 0.05) is 44.4 Å². The van der Waals surface area contributed by atoms with E-state index in [-0.39, 0.29) is 24.5 Å². The standard InChI is InChI=1S/C18H22N2O4/c1-24-15-10-14(11-18(22)23)20(12-15)17(21)7-9-19-8-6-13-4-2-3-5-16(13)19/h2-6,8,14-15H,7,9-12H2,1H3,(H,22,23). The topological polar surface area (TPSA) is 71.8 Å². The third kappa shape index (κ3) is 3.43. The molecule has 1 N–H and O–H groups in total. The summed E-state index contributed by atoms with van der Waals surface area (Å²) in [6.45, 7) is 1.06. The Hall–Kier alpha value is -2.34. The highest BCUT2D eigenvalue weighted by molar-refractivity contribution is 5.81. The number of hydrogen-bond donors (Lipinski definition) is 1. The normalized spacial score (nSPS) is 20.6. The predicted octanol–water partition coefficient (Wildman–Crippen LogP) is 2.12. The SMILES string of the molecule is COC1CC(CC(=O)O)N(C(=O)CCn2ccc3ccccc32)C1. The molecule has 1 fully saturated rings. The van der Waals surface area contributed by atoms with E-state index >= 15 is 0 Å². The second-order valence-electron chi connectivity index (χ2n) is 6.21. The van der Waals surface area contributed by atoms with E-state index in [1.54, 1.807) is 12.0 Å². The summed E-state index contributed by atoms with van der Waals surface area (Å²) in [5.41, 5.74) is 1.10. The van der Waals surface area contributed by atoms with Crippen molar-refractivity contribution in [2.45, 2.75) is 38.0 Å². The molecule has 2 atom stereocenters. The molecule has 2 heterocycles. The van der Waals surface area contributed by atoms with Crippen LogP contribution in [0.1, 0.15) is 19.3 Å². The number of hydrogen-bond acceptors (Lipinski definition) is 3. The first-order valence-electron chi connectivity index (χ1n) is 8.16. The molecule has 6 heteroatoms. The van der Waals surface area contributed by atoms with Gasteiger partial charge >= 0.3 is 5.97 Å². The van der Waals surface area contributed by atoms with Crippen LogP contribution in [0.5, 0.6) is 0 Å². The maximum atomic E-state index is 12.6. The van der Waals surface area contributed by atoms with Crippen LogP contribution in [0.4, 0.5) is 0 Å². The van der Waals surface area contributed by atoms with Crippen molar-refractivity contribution in [3.63, 3.8) is 0 Å². The fourth-order valence-electron chi connectivity index (χ4n) is 3.44. The molecule has 0 saturated carbocycles. The molecule has 128 valence electrons. The molecule has 1 aliphatic rings. The van der Waals surface area contributed by atoms with Gasteiger partial charge in [-0.3, -0.25) is 9.59 Å². The molecule has 0 aliphatic carbocycles. The molecule has 2 aromatic rings. The first-order valence-corrected chi connectivity index (χ1v) is 8.16. The molecular formula is C18H22N2O4. The van der Waals surface area contributed by atoms with Gasteiger partial charge in [0.15, 0.2) is 0 Å². The lowest BCUT2D eigenvalue weighted by atomic mass is 10.1. The van der Waals surface area contributed by atoms with Crippen molar-refractivity contribution in [2.24, 2.45) is 0 Å². The number of aliphatic carboxylic acids is 1. The van der Waals surface area contributed by atoms with Crippen LogP contribution in [-0.2, 0) is 20.9 Å². The molecule has 1 amide bonds. The number of carbonyl (C=O) groups is 2. The number of nitrogens with zero attached hydrogens (tertiary/aromatic N) is 2. The van der Waals surface area contributed by atoms with Gasteiger partial charge in [-0.25, -0.2) is 0 Å². The van der Waals surface area contributed by atoms with Gasteiger partial charge in [-0.2, -0.15) is 0 Å². The molecule has 3 rings (SSSR count). The highest BCUT2D eigenvalue weighted by Crippen LogP contribution is 2.24. The van der Waals surface area contributed by atoms with E-state index in [0.717, 1.165) is 10.9 Å². The van der Waals surface area contributed by atoms with Crippen LogP contribution in [0.3, 0.4) is 0 Å². The van der Waals surface area contributed by atoms with E-state index in [1.165, 1.54) is 0 Å². The van der Waals surface area contributed by atoms with Gasteiger partial charge in [0.2, 0.25) is 5.91 Å². The Morgan fingerprint density at radius 2 is 2.08 bits per heavy atom. The van der Waals surface area contributed by atoms with E-state index in [4.69, 9.17) is 9.84 Å². The molecular weight excluding hydrogens is 308 g/mol. The molecule has 2 unspecified atom stereocenters. The number of aromatic nitrogens is 1. The summed E-state index contributed by atoms with van der Waals surface area (Å²) in [7, 11) is 1.60. The molecule has 0 bridgehead atoms. The van der Waals surface area contributed by atoms with Crippen molar-refractivity contribution in [1.29, 1.82) is 0 Å². The van der Waals surface area contributed by atoms with Gasteiger partial charge in [0.05, 0.1) is 12.5 Å². The van der Waals surface area contributed by atoms with Gasteiger partial charge < -0.3 is 19.3 Å². The van der Waals surface area contributed by atoms with Crippen molar-refractivity contribution in [1.82, 2.24) is 9.47 Å². The average molecular weight is 330 g/mol. The number of fused-ring (bicyclic) bond motifs is 1. The van der Waals surface area contributed by atoms with Crippen LogP contribution < -0.4 is 0 Å². The Morgan fingerprint density at radius 3 is 2.83 bits per heavy atom. The lowest BCUT2D eigenvalue weighted by Crippen LogP contribution is -2.37. The van der Waals surface area contributed by atoms with Crippen molar-refractivity contribution < 1.29 is 19.4 Å². The first kappa shape index (κ1) is 16.5. The number of rotatable bonds is 6. The van der Waals surface area contributed by atoms with Crippen LogP contribution in [0, 0.1) is 0 Å². The maximum Gasteiger partial charge on any atom is 0.305 e. The maximum absolute atomic E-state index is 12.6. The summed E-state index contributed by atoms with van der Waals surface area (Å²) in [4.78, 5) is 25.3. The van der Waals surface area contributed by atoms with Crippen LogP contribution in [0.2, 0.25) is 0 Å². The molecule has 1 aromatic carbocycles. The monoisotopic (exact) mass is 330 g/mol. The van der Waals surface area contributed by atoms with Gasteiger partial charge in [-0.15, -0.1) is 0 Å². The number of methoxy groups -OCH3 is 1. The minimum Gasteiger partial charge on any atom is -0.481 e. The number of aryl methyl sites for hydroxylation is 1. The second-order valence-corrected chi connectivity index (χ2v) is 6.21. The second kappa shape index (κ2) is 7.05. The van der Waals surface area contributed by atoms with E-state index in [2.05, 4.69) is 4.57 Å². The highest BCUT2D eigenvalue weighted by atomic mass is 16.5. The number of amides is 1. The molecule has 6 nitrogen and oxygen atoms in total. The molecule has 1 aromatic heterocycles. The lowest BCUT2D eigenvalue weighted by molar-refractivity contribution is -0.140. The molecule has 1 aliphatic heterocycles. The minimum atomic E-state index is -0.883. The molecule has 0 spiro atoms. The van der Waals surface area contributed by atoms with E-state index in [0.29, 0.717) is 25.9 Å². The molecule has 24 heavy (non-hydrogen) atoms. The third-order valence-electron chi connectivity index (χ3n) is 4.69. The Morgan fingerprint density at radius 1 is 1.29 bits per heavy atom. The fourth-order valence-corrected chi connectivity index (χ4v) is 3.44. The Kier molecular flexibility index (Phi) is 4.85. The molecule has 1 saturated heterocycles. The number of benzene rings is 1. The Balaban J connectivity index is 1.66. The number of carboxylic acids is 1. The minimum absolute atomic E-state index is 0.0152. The van der Waals surface area contributed by atoms with Crippen LogP contribution in [0.15, 0.2) is 36.5 Å². The number of carbonyl (C=O) groups excluding carboxylic acids is 1. The lowest BCUT2D eigenvalue weighted by Gasteiger charge is -2.23. The molecule has 0 radical (unpaired) electrons. The zero-order valence-corrected chi connectivity index (χ0v) is 13.7. The largest absolute Gasteiger partial charge is 0.481 e. The summed E-state index contributed by atoms with van der Waals surface area (Å²) < 4.78 is 7.38. The van der Waals surface area contributed by atoms with Crippen molar-refractivity contribution >= 4 is 22.8 Å². The quantitative estimate of drug-likeness (QED) is 0.881. The number of carboxylic acid groups (broad SMARTS) is 1. The number of ether oxygens (including phenoxy) is 1. The first-order chi connectivity index (χ1) is 11.6. The Labute approximate surface area is 140 Å².